The van der Waals surface area contributed by atoms with Gasteiger partial charge in [-0.05, 0) is 36.4 Å². The molecule has 2 aromatic carbocycles. The molecule has 0 unspecified atom stereocenters. The molecule has 0 aliphatic rings. The van der Waals surface area contributed by atoms with Crippen molar-refractivity contribution in [2.24, 2.45) is 0 Å². The molecule has 0 heterocycles. The zero-order valence-corrected chi connectivity index (χ0v) is 18.7. The second-order valence-corrected chi connectivity index (χ2v) is 8.25. The number of amides is 1. The SMILES string of the molecule is CCN(CC)S(=O)(=O)c1ccc(OC)c(NC(=O)COc2cccc(C(=O)OC)c2)c1. The third-order valence-electron chi connectivity index (χ3n) is 4.41. The molecule has 0 bridgehead atoms. The van der Waals surface area contributed by atoms with E-state index < -0.39 is 21.9 Å². The highest BCUT2D eigenvalue weighted by Crippen LogP contribution is 2.29. The number of ether oxygens (including phenoxy) is 3. The van der Waals surface area contributed by atoms with Crippen LogP contribution >= 0.6 is 0 Å². The van der Waals surface area contributed by atoms with Crippen LogP contribution in [0.5, 0.6) is 11.5 Å². The Morgan fingerprint density at radius 1 is 1.03 bits per heavy atom. The summed E-state index contributed by atoms with van der Waals surface area (Å²) in [5.74, 6) is -0.438. The summed E-state index contributed by atoms with van der Waals surface area (Å²) in [6, 6.07) is 10.5. The highest BCUT2D eigenvalue weighted by atomic mass is 32.2. The standard InChI is InChI=1S/C21H26N2O7S/c1-5-23(6-2)31(26,27)17-10-11-19(28-3)18(13-17)22-20(24)14-30-16-9-7-8-15(12-16)21(25)29-4/h7-13H,5-6,14H2,1-4H3,(H,22,24). The fraction of sp³-hybridized carbons (Fsp3) is 0.333. The lowest BCUT2D eigenvalue weighted by Crippen LogP contribution is -2.30. The molecular formula is C21H26N2O7S. The van der Waals surface area contributed by atoms with Gasteiger partial charge < -0.3 is 19.5 Å². The highest BCUT2D eigenvalue weighted by molar-refractivity contribution is 7.89. The van der Waals surface area contributed by atoms with E-state index >= 15 is 0 Å². The number of methoxy groups -OCH3 is 2. The molecule has 0 aliphatic carbocycles. The fourth-order valence-corrected chi connectivity index (χ4v) is 4.31. The summed E-state index contributed by atoms with van der Waals surface area (Å²) in [5.41, 5.74) is 0.490. The van der Waals surface area contributed by atoms with Crippen molar-refractivity contribution in [3.8, 4) is 11.5 Å². The molecule has 0 aromatic heterocycles. The van der Waals surface area contributed by atoms with E-state index in [2.05, 4.69) is 10.1 Å². The third-order valence-corrected chi connectivity index (χ3v) is 6.46. The first-order valence-electron chi connectivity index (χ1n) is 9.56. The van der Waals surface area contributed by atoms with Crippen LogP contribution in [-0.2, 0) is 19.6 Å². The van der Waals surface area contributed by atoms with Gasteiger partial charge >= 0.3 is 5.97 Å². The van der Waals surface area contributed by atoms with Gasteiger partial charge in [-0.15, -0.1) is 0 Å². The van der Waals surface area contributed by atoms with E-state index in [1.165, 1.54) is 42.8 Å². The molecule has 0 radical (unpaired) electrons. The second-order valence-electron chi connectivity index (χ2n) is 6.31. The summed E-state index contributed by atoms with van der Waals surface area (Å²) in [5, 5.41) is 2.60. The van der Waals surface area contributed by atoms with Gasteiger partial charge in [-0.3, -0.25) is 4.79 Å². The maximum absolute atomic E-state index is 12.8. The minimum absolute atomic E-state index is 0.0407. The quantitative estimate of drug-likeness (QED) is 0.554. The van der Waals surface area contributed by atoms with E-state index in [0.29, 0.717) is 24.6 Å². The lowest BCUT2D eigenvalue weighted by molar-refractivity contribution is -0.118. The number of rotatable bonds is 10. The van der Waals surface area contributed by atoms with Crippen LogP contribution in [0.2, 0.25) is 0 Å². The molecular weight excluding hydrogens is 424 g/mol. The van der Waals surface area contributed by atoms with Crippen LogP contribution in [0.25, 0.3) is 0 Å². The molecule has 1 N–H and O–H groups in total. The Morgan fingerprint density at radius 2 is 1.74 bits per heavy atom. The Labute approximate surface area is 182 Å². The van der Waals surface area contributed by atoms with Crippen LogP contribution in [0.3, 0.4) is 0 Å². The third kappa shape index (κ3) is 5.96. The van der Waals surface area contributed by atoms with Crippen molar-refractivity contribution in [2.75, 3.05) is 39.2 Å². The van der Waals surface area contributed by atoms with Crippen LogP contribution in [0.4, 0.5) is 5.69 Å². The van der Waals surface area contributed by atoms with E-state index in [-0.39, 0.29) is 22.8 Å². The monoisotopic (exact) mass is 450 g/mol. The minimum Gasteiger partial charge on any atom is -0.495 e. The summed E-state index contributed by atoms with van der Waals surface area (Å²) in [4.78, 5) is 24.0. The van der Waals surface area contributed by atoms with Gasteiger partial charge in [0.25, 0.3) is 5.91 Å². The van der Waals surface area contributed by atoms with Gasteiger partial charge in [0.1, 0.15) is 11.5 Å². The molecule has 0 saturated heterocycles. The first kappa shape index (κ1) is 24.2. The van der Waals surface area contributed by atoms with Crippen molar-refractivity contribution < 1.29 is 32.2 Å². The van der Waals surface area contributed by atoms with Crippen molar-refractivity contribution in [1.29, 1.82) is 0 Å². The minimum atomic E-state index is -3.70. The van der Waals surface area contributed by atoms with E-state index in [1.807, 2.05) is 0 Å². The zero-order valence-electron chi connectivity index (χ0n) is 17.9. The van der Waals surface area contributed by atoms with E-state index in [0.717, 1.165) is 0 Å². The number of sulfonamides is 1. The second kappa shape index (κ2) is 10.8. The Bertz CT molecular complexity index is 1030. The molecule has 0 aliphatic heterocycles. The Balaban J connectivity index is 2.16. The van der Waals surface area contributed by atoms with Crippen LogP contribution < -0.4 is 14.8 Å². The van der Waals surface area contributed by atoms with Crippen LogP contribution in [-0.4, -0.2) is 58.5 Å². The molecule has 10 heteroatoms. The number of benzene rings is 2. The molecule has 9 nitrogen and oxygen atoms in total. The molecule has 2 aromatic rings. The number of anilines is 1. The Morgan fingerprint density at radius 3 is 2.35 bits per heavy atom. The summed E-state index contributed by atoms with van der Waals surface area (Å²) in [6.07, 6.45) is 0. The zero-order chi connectivity index (χ0) is 23.0. The van der Waals surface area contributed by atoms with Gasteiger partial charge in [0, 0.05) is 13.1 Å². The fourth-order valence-electron chi connectivity index (χ4n) is 2.82. The van der Waals surface area contributed by atoms with Gasteiger partial charge in [0.05, 0.1) is 30.4 Å². The predicted octanol–water partition coefficient (Wildman–Crippen LogP) is 2.53. The molecule has 0 spiro atoms. The maximum atomic E-state index is 12.8. The number of esters is 1. The molecule has 0 saturated carbocycles. The van der Waals surface area contributed by atoms with Gasteiger partial charge in [-0.25, -0.2) is 13.2 Å². The average molecular weight is 451 g/mol. The van der Waals surface area contributed by atoms with Gasteiger partial charge in [-0.1, -0.05) is 19.9 Å². The first-order valence-corrected chi connectivity index (χ1v) is 11.0. The van der Waals surface area contributed by atoms with Crippen molar-refractivity contribution in [1.82, 2.24) is 4.31 Å². The lowest BCUT2D eigenvalue weighted by atomic mass is 10.2. The molecule has 168 valence electrons. The Kier molecular flexibility index (Phi) is 8.40. The number of nitrogens with one attached hydrogen (secondary N) is 1. The normalized spacial score (nSPS) is 11.1. The van der Waals surface area contributed by atoms with Crippen LogP contribution in [0.1, 0.15) is 24.2 Å². The van der Waals surface area contributed by atoms with Crippen molar-refractivity contribution in [2.45, 2.75) is 18.7 Å². The number of hydrogen-bond donors (Lipinski definition) is 1. The van der Waals surface area contributed by atoms with Gasteiger partial charge in [0.2, 0.25) is 10.0 Å². The number of carbonyl (C=O) groups excluding carboxylic acids is 2. The topological polar surface area (TPSA) is 111 Å². The summed E-state index contributed by atoms with van der Waals surface area (Å²) in [6.45, 7) is 3.79. The average Bonchev–Trinajstić information content (AvgIpc) is 2.77. The summed E-state index contributed by atoms with van der Waals surface area (Å²) in [7, 11) is -1.02. The Hall–Kier alpha value is -3.11. The van der Waals surface area contributed by atoms with Gasteiger partial charge in [0.15, 0.2) is 6.61 Å². The van der Waals surface area contributed by atoms with Crippen LogP contribution in [0.15, 0.2) is 47.4 Å². The molecule has 31 heavy (non-hydrogen) atoms. The smallest absolute Gasteiger partial charge is 0.337 e. The van der Waals surface area contributed by atoms with Crippen molar-refractivity contribution >= 4 is 27.6 Å². The first-order chi connectivity index (χ1) is 14.8. The van der Waals surface area contributed by atoms with Crippen molar-refractivity contribution in [3.63, 3.8) is 0 Å². The van der Waals surface area contributed by atoms with E-state index in [9.17, 15) is 18.0 Å². The largest absolute Gasteiger partial charge is 0.495 e. The number of nitrogens with zero attached hydrogens (tertiary/aromatic N) is 1. The predicted molar refractivity (Wildman–Crippen MR) is 115 cm³/mol. The lowest BCUT2D eigenvalue weighted by Gasteiger charge is -2.19. The van der Waals surface area contributed by atoms with E-state index in [4.69, 9.17) is 9.47 Å². The van der Waals surface area contributed by atoms with Crippen LogP contribution in [0, 0.1) is 0 Å². The van der Waals surface area contributed by atoms with E-state index in [1.54, 1.807) is 32.0 Å². The molecule has 2 rings (SSSR count). The summed E-state index contributed by atoms with van der Waals surface area (Å²) >= 11 is 0. The number of hydrogen-bond acceptors (Lipinski definition) is 7. The highest BCUT2D eigenvalue weighted by Gasteiger charge is 2.23. The molecule has 0 atom stereocenters. The molecule has 1 amide bonds. The summed E-state index contributed by atoms with van der Waals surface area (Å²) < 4.78 is 42.2. The number of carbonyl (C=O) groups is 2. The van der Waals surface area contributed by atoms with Crippen molar-refractivity contribution in [3.05, 3.63) is 48.0 Å². The molecule has 0 fully saturated rings. The maximum Gasteiger partial charge on any atom is 0.337 e. The van der Waals surface area contributed by atoms with Gasteiger partial charge in [-0.2, -0.15) is 4.31 Å².